The topological polar surface area (TPSA) is 41.6 Å². The van der Waals surface area contributed by atoms with E-state index < -0.39 is 0 Å². The average molecular weight is 219 g/mol. The van der Waals surface area contributed by atoms with Gasteiger partial charge in [0.1, 0.15) is 6.07 Å². The highest BCUT2D eigenvalue weighted by atomic mass is 15.3. The third kappa shape index (κ3) is 1.56. The van der Waals surface area contributed by atoms with Crippen LogP contribution in [0.3, 0.4) is 0 Å². The monoisotopic (exact) mass is 219 g/mol. The standard InChI is InChI=1S/C14H9N3/c15-9-11-5-2-4-8-14(11)17-10-12-6-1-3-7-13(12)16-17/h1-8,10H. The number of aromatic nitrogens is 2. The Morgan fingerprint density at radius 2 is 1.76 bits per heavy atom. The van der Waals surface area contributed by atoms with E-state index in [2.05, 4.69) is 11.2 Å². The van der Waals surface area contributed by atoms with Gasteiger partial charge in [-0.15, -0.1) is 0 Å². The SMILES string of the molecule is N#Cc1ccccc1-n1cc2ccccc2n1. The number of rotatable bonds is 1. The fourth-order valence-corrected chi connectivity index (χ4v) is 1.86. The number of para-hydroxylation sites is 1. The van der Waals surface area contributed by atoms with Crippen LogP contribution in [0.5, 0.6) is 0 Å². The minimum Gasteiger partial charge on any atom is -0.238 e. The predicted molar refractivity (Wildman–Crippen MR) is 65.8 cm³/mol. The molecule has 80 valence electrons. The van der Waals surface area contributed by atoms with Crippen molar-refractivity contribution in [3.63, 3.8) is 0 Å². The molecule has 0 amide bonds. The average Bonchev–Trinajstić information content (AvgIpc) is 2.82. The summed E-state index contributed by atoms with van der Waals surface area (Å²) < 4.78 is 1.75. The summed E-state index contributed by atoms with van der Waals surface area (Å²) in [5, 5.41) is 14.6. The number of hydrogen-bond acceptors (Lipinski definition) is 2. The lowest BCUT2D eigenvalue weighted by molar-refractivity contribution is 0.893. The maximum atomic E-state index is 9.06. The molecule has 3 rings (SSSR count). The molecule has 0 aliphatic carbocycles. The van der Waals surface area contributed by atoms with E-state index in [1.807, 2.05) is 48.7 Å². The van der Waals surface area contributed by atoms with Gasteiger partial charge in [-0.05, 0) is 18.2 Å². The van der Waals surface area contributed by atoms with Gasteiger partial charge in [-0.25, -0.2) is 4.68 Å². The summed E-state index contributed by atoms with van der Waals surface area (Å²) in [6, 6.07) is 17.5. The zero-order chi connectivity index (χ0) is 11.7. The molecular formula is C14H9N3. The van der Waals surface area contributed by atoms with Crippen molar-refractivity contribution in [2.45, 2.75) is 0 Å². The Labute approximate surface area is 98.5 Å². The predicted octanol–water partition coefficient (Wildman–Crippen LogP) is 2.90. The molecule has 3 heteroatoms. The molecule has 3 nitrogen and oxygen atoms in total. The highest BCUT2D eigenvalue weighted by Gasteiger charge is 2.05. The van der Waals surface area contributed by atoms with Crippen LogP contribution < -0.4 is 0 Å². The summed E-state index contributed by atoms with van der Waals surface area (Å²) in [4.78, 5) is 0. The van der Waals surface area contributed by atoms with Crippen LogP contribution in [0, 0.1) is 11.3 Å². The number of nitriles is 1. The highest BCUT2D eigenvalue weighted by Crippen LogP contribution is 2.17. The summed E-state index contributed by atoms with van der Waals surface area (Å²) in [5.41, 5.74) is 2.37. The minimum atomic E-state index is 0.625. The molecule has 0 radical (unpaired) electrons. The second-order valence-corrected chi connectivity index (χ2v) is 3.76. The molecule has 0 spiro atoms. The summed E-state index contributed by atoms with van der Waals surface area (Å²) in [7, 11) is 0. The van der Waals surface area contributed by atoms with Crippen LogP contribution in [0.1, 0.15) is 5.56 Å². The van der Waals surface area contributed by atoms with Crippen molar-refractivity contribution in [2.75, 3.05) is 0 Å². The molecule has 0 N–H and O–H groups in total. The molecule has 0 aliphatic heterocycles. The first-order valence-electron chi connectivity index (χ1n) is 5.32. The van der Waals surface area contributed by atoms with Crippen molar-refractivity contribution in [1.29, 1.82) is 5.26 Å². The second kappa shape index (κ2) is 3.76. The van der Waals surface area contributed by atoms with E-state index in [1.165, 1.54) is 0 Å². The van der Waals surface area contributed by atoms with E-state index in [1.54, 1.807) is 10.7 Å². The number of benzene rings is 2. The molecule has 1 heterocycles. The Morgan fingerprint density at radius 1 is 1.00 bits per heavy atom. The largest absolute Gasteiger partial charge is 0.238 e. The van der Waals surface area contributed by atoms with Crippen molar-refractivity contribution >= 4 is 10.9 Å². The van der Waals surface area contributed by atoms with Crippen molar-refractivity contribution in [3.05, 3.63) is 60.3 Å². The zero-order valence-electron chi connectivity index (χ0n) is 9.04. The van der Waals surface area contributed by atoms with Crippen LogP contribution in [0.15, 0.2) is 54.7 Å². The van der Waals surface area contributed by atoms with Crippen LogP contribution in [0.2, 0.25) is 0 Å². The molecule has 17 heavy (non-hydrogen) atoms. The van der Waals surface area contributed by atoms with Gasteiger partial charge in [0.25, 0.3) is 0 Å². The maximum absolute atomic E-state index is 9.06. The van der Waals surface area contributed by atoms with Crippen LogP contribution >= 0.6 is 0 Å². The zero-order valence-corrected chi connectivity index (χ0v) is 9.04. The molecule has 0 saturated heterocycles. The van der Waals surface area contributed by atoms with Gasteiger partial charge in [0, 0.05) is 11.6 Å². The Bertz CT molecular complexity index is 686. The maximum Gasteiger partial charge on any atom is 0.101 e. The molecular weight excluding hydrogens is 210 g/mol. The van der Waals surface area contributed by atoms with E-state index >= 15 is 0 Å². The lowest BCUT2D eigenvalue weighted by Gasteiger charge is -2.02. The minimum absolute atomic E-state index is 0.625. The quantitative estimate of drug-likeness (QED) is 0.631. The van der Waals surface area contributed by atoms with Gasteiger partial charge in [-0.3, -0.25) is 0 Å². The number of hydrogen-bond donors (Lipinski definition) is 0. The lowest BCUT2D eigenvalue weighted by atomic mass is 10.2. The van der Waals surface area contributed by atoms with Gasteiger partial charge in [0.15, 0.2) is 0 Å². The molecule has 0 unspecified atom stereocenters. The fourth-order valence-electron chi connectivity index (χ4n) is 1.86. The third-order valence-corrected chi connectivity index (χ3v) is 2.68. The van der Waals surface area contributed by atoms with E-state index in [0.717, 1.165) is 16.6 Å². The summed E-state index contributed by atoms with van der Waals surface area (Å²) >= 11 is 0. The molecule has 1 aromatic heterocycles. The van der Waals surface area contributed by atoms with Crippen molar-refractivity contribution in [2.24, 2.45) is 0 Å². The van der Waals surface area contributed by atoms with E-state index in [-0.39, 0.29) is 0 Å². The normalized spacial score (nSPS) is 10.3. The second-order valence-electron chi connectivity index (χ2n) is 3.76. The van der Waals surface area contributed by atoms with Gasteiger partial charge in [0.05, 0.1) is 16.8 Å². The molecule has 0 fully saturated rings. The lowest BCUT2D eigenvalue weighted by Crippen LogP contribution is -1.97. The van der Waals surface area contributed by atoms with Gasteiger partial charge in [0.2, 0.25) is 0 Å². The van der Waals surface area contributed by atoms with Gasteiger partial charge in [-0.2, -0.15) is 10.4 Å². The summed E-state index contributed by atoms with van der Waals surface area (Å²) in [6.45, 7) is 0. The smallest absolute Gasteiger partial charge is 0.101 e. The Balaban J connectivity index is 2.25. The van der Waals surface area contributed by atoms with Crippen LogP contribution in [-0.4, -0.2) is 9.78 Å². The molecule has 0 bridgehead atoms. The summed E-state index contributed by atoms with van der Waals surface area (Å²) in [5.74, 6) is 0. The molecule has 0 saturated carbocycles. The van der Waals surface area contributed by atoms with Gasteiger partial charge >= 0.3 is 0 Å². The first-order valence-corrected chi connectivity index (χ1v) is 5.32. The van der Waals surface area contributed by atoms with Gasteiger partial charge in [-0.1, -0.05) is 30.3 Å². The Morgan fingerprint density at radius 3 is 2.59 bits per heavy atom. The van der Waals surface area contributed by atoms with Crippen LogP contribution in [0.25, 0.3) is 16.6 Å². The molecule has 0 aliphatic rings. The third-order valence-electron chi connectivity index (χ3n) is 2.68. The highest BCUT2D eigenvalue weighted by molar-refractivity contribution is 5.78. The molecule has 0 atom stereocenters. The van der Waals surface area contributed by atoms with E-state index in [9.17, 15) is 0 Å². The van der Waals surface area contributed by atoms with Crippen molar-refractivity contribution in [1.82, 2.24) is 9.78 Å². The van der Waals surface area contributed by atoms with Crippen LogP contribution in [-0.2, 0) is 0 Å². The number of fused-ring (bicyclic) bond motifs is 1. The Hall–Kier alpha value is -2.60. The van der Waals surface area contributed by atoms with Gasteiger partial charge < -0.3 is 0 Å². The number of nitrogens with zero attached hydrogens (tertiary/aromatic N) is 3. The Kier molecular flexibility index (Phi) is 2.13. The van der Waals surface area contributed by atoms with Crippen molar-refractivity contribution in [3.8, 4) is 11.8 Å². The van der Waals surface area contributed by atoms with E-state index in [0.29, 0.717) is 5.56 Å². The van der Waals surface area contributed by atoms with Crippen molar-refractivity contribution < 1.29 is 0 Å². The molecule has 2 aromatic carbocycles. The van der Waals surface area contributed by atoms with E-state index in [4.69, 9.17) is 5.26 Å². The first-order chi connectivity index (χ1) is 8.38. The van der Waals surface area contributed by atoms with Crippen LogP contribution in [0.4, 0.5) is 0 Å². The fraction of sp³-hybridized carbons (Fsp3) is 0. The first kappa shape index (κ1) is 9.61. The molecule has 3 aromatic rings. The summed E-state index contributed by atoms with van der Waals surface area (Å²) in [6.07, 6.45) is 1.94.